The maximum atomic E-state index is 13.4. The van der Waals surface area contributed by atoms with E-state index in [1.54, 1.807) is 0 Å². The van der Waals surface area contributed by atoms with Crippen molar-refractivity contribution in [1.29, 1.82) is 0 Å². The maximum Gasteiger partial charge on any atom is 0.379 e. The Morgan fingerprint density at radius 3 is 2.05 bits per heavy atom. The number of aliphatic hydroxyl groups is 1. The molecule has 0 saturated heterocycles. The van der Waals surface area contributed by atoms with E-state index in [1.807, 2.05) is 0 Å². The molecule has 1 unspecified atom stereocenters. The third kappa shape index (κ3) is 7.78. The van der Waals surface area contributed by atoms with Crippen LogP contribution in [0, 0.1) is 0 Å². The fraction of sp³-hybridized carbons (Fsp3) is 0.933. The summed E-state index contributed by atoms with van der Waals surface area (Å²) in [6.45, 7) is 3.50. The molecule has 0 aromatic carbocycles. The smallest absolute Gasteiger partial charge is 0.379 e. The van der Waals surface area contributed by atoms with Gasteiger partial charge in [-0.1, -0.05) is 58.3 Å². The van der Waals surface area contributed by atoms with Crippen molar-refractivity contribution >= 4 is 5.97 Å². The summed E-state index contributed by atoms with van der Waals surface area (Å²) in [6.07, 6.45) is 6.23. The molecule has 120 valence electrons. The molecule has 0 radical (unpaired) electrons. The zero-order valence-corrected chi connectivity index (χ0v) is 12.7. The molecule has 0 aromatic heterocycles. The van der Waals surface area contributed by atoms with Crippen molar-refractivity contribution in [3.8, 4) is 0 Å². The van der Waals surface area contributed by atoms with Crippen LogP contribution < -0.4 is 0 Å². The first-order chi connectivity index (χ1) is 9.46. The Balaban J connectivity index is 3.71. The quantitative estimate of drug-likeness (QED) is 0.436. The van der Waals surface area contributed by atoms with Crippen LogP contribution in [-0.2, 0) is 9.53 Å². The summed E-state index contributed by atoms with van der Waals surface area (Å²) in [5.41, 5.74) is 0. The fourth-order valence-corrected chi connectivity index (χ4v) is 2.02. The highest BCUT2D eigenvalue weighted by Gasteiger charge is 2.47. The largest absolute Gasteiger partial charge is 0.461 e. The average molecular weight is 294 g/mol. The number of alkyl halides is 2. The number of carbonyl (C=O) groups is 1. The Bertz CT molecular complexity index is 258. The van der Waals surface area contributed by atoms with Gasteiger partial charge >= 0.3 is 11.9 Å². The molecule has 0 aliphatic carbocycles. The van der Waals surface area contributed by atoms with Gasteiger partial charge in [0.2, 0.25) is 0 Å². The normalized spacial score (nSPS) is 13.2. The Labute approximate surface area is 120 Å². The molecule has 1 N–H and O–H groups in total. The average Bonchev–Trinajstić information content (AvgIpc) is 2.41. The van der Waals surface area contributed by atoms with Crippen molar-refractivity contribution < 1.29 is 23.4 Å². The number of aliphatic hydroxyl groups excluding tert-OH is 1. The zero-order valence-electron chi connectivity index (χ0n) is 12.7. The first kappa shape index (κ1) is 19.3. The minimum absolute atomic E-state index is 0.0687. The summed E-state index contributed by atoms with van der Waals surface area (Å²) >= 11 is 0. The molecule has 0 spiro atoms. The Morgan fingerprint density at radius 2 is 1.55 bits per heavy atom. The highest BCUT2D eigenvalue weighted by atomic mass is 19.3. The molecule has 0 aliphatic rings. The first-order valence-corrected chi connectivity index (χ1v) is 7.69. The monoisotopic (exact) mass is 294 g/mol. The number of halogens is 2. The molecule has 0 rings (SSSR count). The molecular formula is C15H28F2O3. The minimum Gasteiger partial charge on any atom is -0.461 e. The van der Waals surface area contributed by atoms with Gasteiger partial charge in [0.25, 0.3) is 0 Å². The Morgan fingerprint density at radius 1 is 1.05 bits per heavy atom. The van der Waals surface area contributed by atoms with Gasteiger partial charge in [-0.05, 0) is 13.3 Å². The number of esters is 1. The number of rotatable bonds is 12. The van der Waals surface area contributed by atoms with Gasteiger partial charge in [-0.15, -0.1) is 0 Å². The fourth-order valence-electron chi connectivity index (χ4n) is 2.02. The minimum atomic E-state index is -3.79. The van der Waals surface area contributed by atoms with Crippen LogP contribution in [0.2, 0.25) is 0 Å². The molecule has 0 heterocycles. The lowest BCUT2D eigenvalue weighted by Gasteiger charge is -2.20. The molecule has 1 atom stereocenters. The third-order valence-electron chi connectivity index (χ3n) is 3.30. The van der Waals surface area contributed by atoms with Gasteiger partial charge in [-0.2, -0.15) is 8.78 Å². The lowest BCUT2D eigenvalue weighted by Crippen LogP contribution is -2.42. The van der Waals surface area contributed by atoms with Gasteiger partial charge in [0.05, 0.1) is 6.61 Å². The van der Waals surface area contributed by atoms with E-state index < -0.39 is 18.0 Å². The van der Waals surface area contributed by atoms with Crippen molar-refractivity contribution in [3.05, 3.63) is 0 Å². The van der Waals surface area contributed by atoms with E-state index >= 15 is 0 Å². The van der Waals surface area contributed by atoms with Gasteiger partial charge in [-0.3, -0.25) is 0 Å². The molecule has 0 fully saturated rings. The standard InChI is InChI=1S/C15H28F2O3/c1-3-5-6-7-8-9-10-11-12-13(18)15(16,17)14(19)20-4-2/h13,18H,3-12H2,1-2H3. The third-order valence-corrected chi connectivity index (χ3v) is 3.30. The number of hydrogen-bond acceptors (Lipinski definition) is 3. The summed E-state index contributed by atoms with van der Waals surface area (Å²) in [6, 6.07) is 0. The topological polar surface area (TPSA) is 46.5 Å². The van der Waals surface area contributed by atoms with Crippen molar-refractivity contribution in [1.82, 2.24) is 0 Å². The van der Waals surface area contributed by atoms with Crippen LogP contribution in [0.5, 0.6) is 0 Å². The highest BCUT2D eigenvalue weighted by Crippen LogP contribution is 2.24. The molecule has 0 bridgehead atoms. The van der Waals surface area contributed by atoms with Gasteiger partial charge in [0.15, 0.2) is 0 Å². The highest BCUT2D eigenvalue weighted by molar-refractivity contribution is 5.78. The predicted octanol–water partition coefficient (Wildman–Crippen LogP) is 4.08. The molecular weight excluding hydrogens is 266 g/mol. The van der Waals surface area contributed by atoms with Crippen LogP contribution in [0.1, 0.15) is 71.6 Å². The second-order valence-corrected chi connectivity index (χ2v) is 5.12. The summed E-state index contributed by atoms with van der Waals surface area (Å²) in [4.78, 5) is 11.0. The summed E-state index contributed by atoms with van der Waals surface area (Å²) in [5, 5.41) is 9.40. The second kappa shape index (κ2) is 11.0. The number of ether oxygens (including phenoxy) is 1. The lowest BCUT2D eigenvalue weighted by molar-refractivity contribution is -0.188. The molecule has 3 nitrogen and oxygen atoms in total. The van der Waals surface area contributed by atoms with Crippen molar-refractivity contribution in [2.75, 3.05) is 6.61 Å². The lowest BCUT2D eigenvalue weighted by atomic mass is 10.0. The number of carbonyl (C=O) groups excluding carboxylic acids is 1. The molecule has 0 aliphatic heterocycles. The summed E-state index contributed by atoms with van der Waals surface area (Å²) in [7, 11) is 0. The molecule has 0 amide bonds. The predicted molar refractivity (Wildman–Crippen MR) is 74.8 cm³/mol. The van der Waals surface area contributed by atoms with E-state index in [0.717, 1.165) is 19.3 Å². The molecule has 0 aromatic rings. The van der Waals surface area contributed by atoms with Gasteiger partial charge in [0.1, 0.15) is 6.10 Å². The number of unbranched alkanes of at least 4 members (excludes halogenated alkanes) is 7. The van der Waals surface area contributed by atoms with Gasteiger partial charge in [0, 0.05) is 0 Å². The SMILES string of the molecule is CCCCCCCCCCC(O)C(F)(F)C(=O)OCC. The first-order valence-electron chi connectivity index (χ1n) is 7.69. The zero-order chi connectivity index (χ0) is 15.4. The van der Waals surface area contributed by atoms with E-state index in [2.05, 4.69) is 11.7 Å². The van der Waals surface area contributed by atoms with Gasteiger partial charge < -0.3 is 9.84 Å². The van der Waals surface area contributed by atoms with Crippen molar-refractivity contribution in [2.45, 2.75) is 83.7 Å². The van der Waals surface area contributed by atoms with Crippen LogP contribution in [0.15, 0.2) is 0 Å². The van der Waals surface area contributed by atoms with E-state index in [1.165, 1.54) is 32.6 Å². The Kier molecular flexibility index (Phi) is 10.6. The molecule has 20 heavy (non-hydrogen) atoms. The van der Waals surface area contributed by atoms with Crippen LogP contribution >= 0.6 is 0 Å². The van der Waals surface area contributed by atoms with Crippen molar-refractivity contribution in [2.24, 2.45) is 0 Å². The van der Waals surface area contributed by atoms with E-state index in [4.69, 9.17) is 0 Å². The Hall–Kier alpha value is -0.710. The molecule has 0 saturated carbocycles. The number of hydrogen-bond donors (Lipinski definition) is 1. The van der Waals surface area contributed by atoms with Crippen LogP contribution in [-0.4, -0.2) is 29.7 Å². The maximum absolute atomic E-state index is 13.4. The van der Waals surface area contributed by atoms with Crippen LogP contribution in [0.3, 0.4) is 0 Å². The van der Waals surface area contributed by atoms with E-state index in [0.29, 0.717) is 6.42 Å². The van der Waals surface area contributed by atoms with Gasteiger partial charge in [-0.25, -0.2) is 4.79 Å². The van der Waals surface area contributed by atoms with Crippen LogP contribution in [0.4, 0.5) is 8.78 Å². The second-order valence-electron chi connectivity index (χ2n) is 5.12. The van der Waals surface area contributed by atoms with E-state index in [-0.39, 0.29) is 13.0 Å². The van der Waals surface area contributed by atoms with E-state index in [9.17, 15) is 18.7 Å². The van der Waals surface area contributed by atoms with Crippen LogP contribution in [0.25, 0.3) is 0 Å². The summed E-state index contributed by atoms with van der Waals surface area (Å²) in [5.74, 6) is -5.43. The van der Waals surface area contributed by atoms with Crippen molar-refractivity contribution in [3.63, 3.8) is 0 Å². The summed E-state index contributed by atoms with van der Waals surface area (Å²) < 4.78 is 31.0. The molecule has 5 heteroatoms.